The molecule has 0 radical (unpaired) electrons. The number of aryl methyl sites for hydroxylation is 1. The molecule has 0 aliphatic carbocycles. The lowest BCUT2D eigenvalue weighted by Crippen LogP contribution is -2.55. The lowest BCUT2D eigenvalue weighted by Gasteiger charge is -2.45. The maximum atomic E-state index is 14.0. The first-order chi connectivity index (χ1) is 32.2. The number of aromatic carboxylic acids is 1. The van der Waals surface area contributed by atoms with Crippen molar-refractivity contribution in [1.29, 1.82) is 0 Å². The van der Waals surface area contributed by atoms with E-state index in [0.29, 0.717) is 82.2 Å². The summed E-state index contributed by atoms with van der Waals surface area (Å²) in [5.74, 6) is -3.98. The number of anilines is 2. The predicted molar refractivity (Wildman–Crippen MR) is 258 cm³/mol. The number of likely N-dealkylation sites (tertiary alicyclic amines) is 1. The number of imide groups is 1. The third-order valence-corrected chi connectivity index (χ3v) is 16.9. The molecule has 18 nitrogen and oxygen atoms in total. The zero-order valence-corrected chi connectivity index (χ0v) is 40.4. The van der Waals surface area contributed by atoms with E-state index in [1.165, 1.54) is 13.4 Å². The van der Waals surface area contributed by atoms with Crippen LogP contribution in [0.15, 0.2) is 65.5 Å². The molecule has 0 saturated carbocycles. The quantitative estimate of drug-likeness (QED) is 0.0742. The lowest BCUT2D eigenvalue weighted by molar-refractivity contribution is -0.139. The molecular formula is C46H49Cl2N7O11S2. The number of halogens is 2. The van der Waals surface area contributed by atoms with E-state index in [1.54, 1.807) is 60.5 Å². The standard InChI is InChI=1S/C46H49Cl2N7O11S2/c1-46(2)22-30(49-29-9-5-7-27(21-29)40-37(48)39(66-23-35(57)58)41(67-40)43(60)61)16-19-54(46)68(64,65)24-25-6-4-8-28(20-25)50-44(62)53-17-14-26(15-18-53)31-10-11-32-38(36(31)47)52(3)45(63)55(32)33-12-13-34(56)51-42(33)59/h4-11,20-21,26,30,33,49H,12-19,22-24H2,1-3H3,(H,50,62)(H,57,58)(H,60,61)(H,51,56,59)/t30-,33?/m0/s1. The average Bonchev–Trinajstić information content (AvgIpc) is 3.74. The first kappa shape index (κ1) is 48.5. The highest BCUT2D eigenvalue weighted by molar-refractivity contribution is 7.88. The van der Waals surface area contributed by atoms with E-state index in [-0.39, 0.29) is 64.7 Å². The average molecular weight is 1010 g/mol. The van der Waals surface area contributed by atoms with Gasteiger partial charge in [-0.05, 0) is 98.9 Å². The number of carboxylic acid groups (broad SMARTS) is 2. The van der Waals surface area contributed by atoms with Gasteiger partial charge in [-0.1, -0.05) is 53.5 Å². The molecule has 8 rings (SSSR count). The number of benzene rings is 3. The maximum Gasteiger partial charge on any atom is 0.349 e. The molecule has 3 aliphatic rings. The van der Waals surface area contributed by atoms with Crippen LogP contribution in [0.3, 0.4) is 0 Å². The molecule has 5 aromatic rings. The van der Waals surface area contributed by atoms with Crippen molar-refractivity contribution in [2.24, 2.45) is 7.05 Å². The molecule has 360 valence electrons. The van der Waals surface area contributed by atoms with Gasteiger partial charge in [0.05, 0.1) is 26.7 Å². The Kier molecular flexibility index (Phi) is 13.7. The van der Waals surface area contributed by atoms with Crippen molar-refractivity contribution in [3.8, 4) is 16.2 Å². The molecule has 5 heterocycles. The van der Waals surface area contributed by atoms with Gasteiger partial charge in [-0.2, -0.15) is 4.31 Å². The Bertz CT molecular complexity index is 3030. The van der Waals surface area contributed by atoms with Gasteiger partial charge in [-0.15, -0.1) is 11.3 Å². The summed E-state index contributed by atoms with van der Waals surface area (Å²) in [6.07, 6.45) is 2.49. The Morgan fingerprint density at radius 1 is 0.926 bits per heavy atom. The summed E-state index contributed by atoms with van der Waals surface area (Å²) < 4.78 is 37.7. The van der Waals surface area contributed by atoms with Gasteiger partial charge in [0, 0.05) is 56.1 Å². The molecule has 0 spiro atoms. The third-order valence-electron chi connectivity index (χ3n) is 12.8. The van der Waals surface area contributed by atoms with Gasteiger partial charge in [0.15, 0.2) is 17.2 Å². The summed E-state index contributed by atoms with van der Waals surface area (Å²) in [5.41, 5.74) is 2.90. The Labute approximate surface area is 404 Å². The Hall–Kier alpha value is -5.93. The minimum absolute atomic E-state index is 0.00707. The monoisotopic (exact) mass is 1010 g/mol. The Morgan fingerprint density at radius 2 is 1.65 bits per heavy atom. The van der Waals surface area contributed by atoms with E-state index in [9.17, 15) is 42.3 Å². The predicted octanol–water partition coefficient (Wildman–Crippen LogP) is 7.11. The number of amides is 4. The minimum Gasteiger partial charge on any atom is -0.479 e. The number of carbonyl (C=O) groups excluding carboxylic acids is 3. The molecule has 5 N–H and O–H groups in total. The van der Waals surface area contributed by atoms with Gasteiger partial charge < -0.3 is 30.5 Å². The number of rotatable bonds is 13. The number of carboxylic acids is 2. The van der Waals surface area contributed by atoms with Crippen molar-refractivity contribution in [3.05, 3.63) is 97.2 Å². The number of aliphatic carboxylic acids is 1. The number of nitrogens with one attached hydrogen (secondary N) is 3. The van der Waals surface area contributed by atoms with E-state index in [2.05, 4.69) is 16.0 Å². The van der Waals surface area contributed by atoms with Crippen LogP contribution in [0.1, 0.15) is 85.1 Å². The first-order valence-corrected chi connectivity index (χ1v) is 25.1. The fourth-order valence-electron chi connectivity index (χ4n) is 9.60. The second kappa shape index (κ2) is 19.2. The summed E-state index contributed by atoms with van der Waals surface area (Å²) in [5, 5.41) is 27.9. The number of hydrogen-bond donors (Lipinski definition) is 5. The lowest BCUT2D eigenvalue weighted by atomic mass is 9.89. The zero-order valence-electron chi connectivity index (χ0n) is 37.2. The van der Waals surface area contributed by atoms with E-state index >= 15 is 0 Å². The van der Waals surface area contributed by atoms with Crippen molar-refractivity contribution >= 4 is 96.8 Å². The molecule has 3 saturated heterocycles. The van der Waals surface area contributed by atoms with Crippen molar-refractivity contribution in [2.75, 3.05) is 36.9 Å². The van der Waals surface area contributed by atoms with Crippen LogP contribution in [-0.4, -0.2) is 105 Å². The summed E-state index contributed by atoms with van der Waals surface area (Å²) in [7, 11) is -2.23. The number of hydrogen-bond acceptors (Lipinski definition) is 11. The summed E-state index contributed by atoms with van der Waals surface area (Å²) in [6, 6.07) is 16.3. The number of aromatic nitrogens is 2. The number of carbonyl (C=O) groups is 5. The van der Waals surface area contributed by atoms with Crippen LogP contribution < -0.4 is 26.4 Å². The van der Waals surface area contributed by atoms with Crippen LogP contribution in [0.2, 0.25) is 10.0 Å². The molecular weight excluding hydrogens is 962 g/mol. The molecule has 3 aliphatic heterocycles. The maximum absolute atomic E-state index is 14.0. The number of thiophene rings is 1. The van der Waals surface area contributed by atoms with E-state index in [0.717, 1.165) is 16.9 Å². The van der Waals surface area contributed by atoms with Gasteiger partial charge >= 0.3 is 23.7 Å². The molecule has 2 aromatic heterocycles. The molecule has 3 aromatic carbocycles. The minimum atomic E-state index is -3.82. The molecule has 1 unspecified atom stereocenters. The third kappa shape index (κ3) is 9.82. The van der Waals surface area contributed by atoms with Crippen LogP contribution in [0.25, 0.3) is 21.5 Å². The zero-order chi connectivity index (χ0) is 48.8. The Morgan fingerprint density at radius 3 is 2.34 bits per heavy atom. The van der Waals surface area contributed by atoms with Gasteiger partial charge in [0.1, 0.15) is 11.1 Å². The number of piperidine rings is 3. The number of urea groups is 1. The Balaban J connectivity index is 0.867. The second-order valence-corrected chi connectivity index (χ2v) is 21.5. The summed E-state index contributed by atoms with van der Waals surface area (Å²) in [6.45, 7) is 4.08. The fraction of sp³-hybridized carbons (Fsp3) is 0.391. The van der Waals surface area contributed by atoms with Gasteiger partial charge in [0.25, 0.3) is 0 Å². The number of sulfonamides is 1. The normalized spacial score (nSPS) is 19.2. The fourth-order valence-corrected chi connectivity index (χ4v) is 13.4. The molecule has 3 fully saturated rings. The van der Waals surface area contributed by atoms with Gasteiger partial charge in [-0.25, -0.2) is 27.6 Å². The van der Waals surface area contributed by atoms with Crippen LogP contribution >= 0.6 is 34.5 Å². The molecule has 4 amide bonds. The van der Waals surface area contributed by atoms with Gasteiger partial charge in [-0.3, -0.25) is 24.0 Å². The highest BCUT2D eigenvalue weighted by atomic mass is 35.5. The summed E-state index contributed by atoms with van der Waals surface area (Å²) in [4.78, 5) is 76.2. The molecule has 68 heavy (non-hydrogen) atoms. The van der Waals surface area contributed by atoms with Crippen molar-refractivity contribution in [1.82, 2.24) is 23.7 Å². The SMILES string of the molecule is Cn1c(=O)n(C2CCC(=O)NC2=O)c2ccc(C3CCN(C(=O)Nc4cccc(CS(=O)(=O)N5CC[C@H](Nc6cccc(-c7sc(C(=O)O)c(OCC(=O)O)c7Cl)c6)CC5(C)C)c4)CC3)c(Cl)c21. The largest absolute Gasteiger partial charge is 0.479 e. The molecule has 0 bridgehead atoms. The smallest absolute Gasteiger partial charge is 0.349 e. The van der Waals surface area contributed by atoms with Crippen molar-refractivity contribution < 1.29 is 47.3 Å². The van der Waals surface area contributed by atoms with Crippen molar-refractivity contribution in [3.63, 3.8) is 0 Å². The van der Waals surface area contributed by atoms with Crippen LogP contribution in [0, 0.1) is 0 Å². The number of fused-ring (bicyclic) bond motifs is 1. The molecule has 2 atom stereocenters. The van der Waals surface area contributed by atoms with Crippen molar-refractivity contribution in [2.45, 2.75) is 81.7 Å². The first-order valence-electron chi connectivity index (χ1n) is 21.9. The van der Waals surface area contributed by atoms with Crippen LogP contribution in [0.4, 0.5) is 16.2 Å². The highest BCUT2D eigenvalue weighted by Gasteiger charge is 2.42. The number of ether oxygens (including phenoxy) is 1. The van der Waals surface area contributed by atoms with Gasteiger partial charge in [0.2, 0.25) is 21.8 Å². The van der Waals surface area contributed by atoms with Crippen LogP contribution in [0.5, 0.6) is 5.75 Å². The molecule has 22 heteroatoms. The highest BCUT2D eigenvalue weighted by Crippen LogP contribution is 2.46. The number of nitrogens with zero attached hydrogens (tertiary/aromatic N) is 4. The van der Waals surface area contributed by atoms with Crippen LogP contribution in [-0.2, 0) is 37.2 Å². The second-order valence-electron chi connectivity index (χ2n) is 17.9. The van der Waals surface area contributed by atoms with E-state index in [1.807, 2.05) is 26.0 Å². The van der Waals surface area contributed by atoms with E-state index in [4.69, 9.17) is 33.0 Å². The summed E-state index contributed by atoms with van der Waals surface area (Å²) >= 11 is 14.4. The topological polar surface area (TPSA) is 239 Å². The van der Waals surface area contributed by atoms with E-state index < -0.39 is 51.7 Å². The number of imidazole rings is 1.